The van der Waals surface area contributed by atoms with E-state index in [0.29, 0.717) is 0 Å². The summed E-state index contributed by atoms with van der Waals surface area (Å²) in [4.78, 5) is 0. The van der Waals surface area contributed by atoms with Crippen LogP contribution in [0.4, 0.5) is 0 Å². The van der Waals surface area contributed by atoms with Gasteiger partial charge in [-0.25, -0.2) is 4.67 Å². The summed E-state index contributed by atoms with van der Waals surface area (Å²) in [5.41, 5.74) is 0. The van der Waals surface area contributed by atoms with E-state index in [1.807, 2.05) is 13.8 Å². The Morgan fingerprint density at radius 2 is 1.64 bits per heavy atom. The third kappa shape index (κ3) is 5.24. The molecule has 138 valence electrons. The van der Waals surface area contributed by atoms with E-state index in [9.17, 15) is 10.5 Å². The van der Waals surface area contributed by atoms with Crippen molar-refractivity contribution < 1.29 is 9.05 Å². The van der Waals surface area contributed by atoms with E-state index < -0.39 is 24.1 Å². The van der Waals surface area contributed by atoms with Crippen LogP contribution >= 0.6 is 30.1 Å². The molecular formula is C16H25N4O2PS2. The summed E-state index contributed by atoms with van der Waals surface area (Å²) < 4.78 is 12.7. The smallest absolute Gasteiger partial charge is 0.259 e. The first kappa shape index (κ1) is 22.5. The minimum absolute atomic E-state index is 0.164. The minimum Gasteiger partial charge on any atom is -0.321 e. The van der Waals surface area contributed by atoms with E-state index >= 15 is 0 Å². The first-order valence-corrected chi connectivity index (χ1v) is 11.4. The molecule has 1 unspecified atom stereocenters. The van der Waals surface area contributed by atoms with E-state index in [1.54, 1.807) is 0 Å². The number of rotatable bonds is 8. The highest BCUT2D eigenvalue weighted by Gasteiger charge is 2.58. The topological polar surface area (TPSA) is 93.1 Å². The molecule has 0 aromatic carbocycles. The largest absolute Gasteiger partial charge is 0.321 e. The SMILES string of the molecule is CC(C)N(C(C)C)P(OCCC#N)O[C@H]1C(C)(C)SSC1(C#N)C#N. The zero-order valence-corrected chi connectivity index (χ0v) is 18.0. The van der Waals surface area contributed by atoms with Crippen LogP contribution in [0.5, 0.6) is 0 Å². The molecule has 0 aromatic rings. The predicted molar refractivity (Wildman–Crippen MR) is 103 cm³/mol. The molecule has 1 fully saturated rings. The Morgan fingerprint density at radius 1 is 1.08 bits per heavy atom. The third-order valence-electron chi connectivity index (χ3n) is 3.58. The lowest BCUT2D eigenvalue weighted by molar-refractivity contribution is 0.112. The Morgan fingerprint density at radius 3 is 2.08 bits per heavy atom. The molecule has 0 aromatic heterocycles. The van der Waals surface area contributed by atoms with Crippen LogP contribution in [0, 0.1) is 34.0 Å². The summed E-state index contributed by atoms with van der Waals surface area (Å²) in [6.45, 7) is 12.4. The van der Waals surface area contributed by atoms with E-state index in [4.69, 9.17) is 14.3 Å². The Balaban J connectivity index is 3.16. The fourth-order valence-corrected chi connectivity index (χ4v) is 7.59. The lowest BCUT2D eigenvalue weighted by Crippen LogP contribution is -2.46. The highest BCUT2D eigenvalue weighted by atomic mass is 33.1. The average Bonchev–Trinajstić information content (AvgIpc) is 2.78. The molecule has 0 N–H and O–H groups in total. The second-order valence-corrected chi connectivity index (χ2v) is 11.2. The van der Waals surface area contributed by atoms with Gasteiger partial charge in [-0.1, -0.05) is 21.6 Å². The molecule has 0 aliphatic carbocycles. The molecule has 1 saturated heterocycles. The van der Waals surface area contributed by atoms with Crippen molar-refractivity contribution in [3.8, 4) is 18.2 Å². The summed E-state index contributed by atoms with van der Waals surface area (Å²) in [6.07, 6.45) is -0.330. The molecule has 9 heteroatoms. The van der Waals surface area contributed by atoms with Gasteiger partial charge in [0.25, 0.3) is 8.53 Å². The zero-order chi connectivity index (χ0) is 19.3. The van der Waals surface area contributed by atoms with Crippen LogP contribution in [0.15, 0.2) is 0 Å². The summed E-state index contributed by atoms with van der Waals surface area (Å²) >= 11 is 0. The predicted octanol–water partition coefficient (Wildman–Crippen LogP) is 4.61. The molecule has 0 spiro atoms. The van der Waals surface area contributed by atoms with Gasteiger partial charge in [0.05, 0.1) is 36.0 Å². The van der Waals surface area contributed by atoms with Crippen molar-refractivity contribution in [2.45, 2.75) is 75.6 Å². The molecule has 0 amide bonds. The maximum absolute atomic E-state index is 9.63. The number of nitrogens with zero attached hydrogens (tertiary/aromatic N) is 4. The zero-order valence-electron chi connectivity index (χ0n) is 15.5. The minimum atomic E-state index is -1.50. The molecule has 0 saturated carbocycles. The van der Waals surface area contributed by atoms with Gasteiger partial charge in [0.2, 0.25) is 4.75 Å². The molecule has 1 aliphatic rings. The molecule has 2 atom stereocenters. The van der Waals surface area contributed by atoms with E-state index in [-0.39, 0.29) is 25.1 Å². The first-order chi connectivity index (χ1) is 11.6. The van der Waals surface area contributed by atoms with Gasteiger partial charge in [0.1, 0.15) is 6.10 Å². The first-order valence-electron chi connectivity index (χ1n) is 8.09. The van der Waals surface area contributed by atoms with Crippen molar-refractivity contribution >= 4 is 30.1 Å². The number of hydrogen-bond donors (Lipinski definition) is 0. The van der Waals surface area contributed by atoms with E-state index in [0.717, 1.165) is 0 Å². The summed E-state index contributed by atoms with van der Waals surface area (Å²) in [7, 11) is 1.25. The molecule has 25 heavy (non-hydrogen) atoms. The number of nitriles is 3. The van der Waals surface area contributed by atoms with Crippen molar-refractivity contribution in [3.05, 3.63) is 0 Å². The third-order valence-corrected chi connectivity index (χ3v) is 9.39. The fourth-order valence-electron chi connectivity index (χ4n) is 2.52. The summed E-state index contributed by atoms with van der Waals surface area (Å²) in [5.74, 6) is 0. The van der Waals surface area contributed by atoms with Crippen molar-refractivity contribution in [3.63, 3.8) is 0 Å². The highest BCUT2D eigenvalue weighted by molar-refractivity contribution is 8.78. The molecular weight excluding hydrogens is 375 g/mol. The van der Waals surface area contributed by atoms with Gasteiger partial charge < -0.3 is 9.05 Å². The lowest BCUT2D eigenvalue weighted by atomic mass is 9.94. The van der Waals surface area contributed by atoms with E-state index in [2.05, 4.69) is 50.6 Å². The summed E-state index contributed by atoms with van der Waals surface area (Å²) in [5, 5.41) is 28.0. The normalized spacial score (nSPS) is 22.6. The van der Waals surface area contributed by atoms with Crippen LogP contribution in [0.1, 0.15) is 48.0 Å². The van der Waals surface area contributed by atoms with Crippen molar-refractivity contribution in [1.82, 2.24) is 4.67 Å². The van der Waals surface area contributed by atoms with Gasteiger partial charge in [-0.05, 0) is 41.5 Å². The molecule has 0 radical (unpaired) electrons. The Bertz CT molecular complexity index is 558. The van der Waals surface area contributed by atoms with Gasteiger partial charge in [-0.3, -0.25) is 0 Å². The van der Waals surface area contributed by atoms with Gasteiger partial charge in [-0.2, -0.15) is 15.8 Å². The summed E-state index contributed by atoms with van der Waals surface area (Å²) in [6, 6.07) is 6.68. The Labute approximate surface area is 160 Å². The molecule has 6 nitrogen and oxygen atoms in total. The Kier molecular flexibility index (Phi) is 8.49. The van der Waals surface area contributed by atoms with Crippen LogP contribution in [0.2, 0.25) is 0 Å². The van der Waals surface area contributed by atoms with Crippen molar-refractivity contribution in [1.29, 1.82) is 15.8 Å². The van der Waals surface area contributed by atoms with Crippen molar-refractivity contribution in [2.24, 2.45) is 0 Å². The lowest BCUT2D eigenvalue weighted by Gasteiger charge is -2.39. The van der Waals surface area contributed by atoms with Crippen LogP contribution in [0.25, 0.3) is 0 Å². The van der Waals surface area contributed by atoms with Crippen LogP contribution in [-0.2, 0) is 9.05 Å². The second kappa shape index (κ2) is 9.43. The van der Waals surface area contributed by atoms with E-state index in [1.165, 1.54) is 21.6 Å². The maximum Gasteiger partial charge on any atom is 0.259 e. The monoisotopic (exact) mass is 400 g/mol. The van der Waals surface area contributed by atoms with Crippen LogP contribution < -0.4 is 0 Å². The molecule has 0 bridgehead atoms. The fraction of sp³-hybridized carbons (Fsp3) is 0.812. The molecule has 1 rings (SSSR count). The molecule has 1 heterocycles. The second-order valence-electron chi connectivity index (χ2n) is 6.76. The number of hydrogen-bond acceptors (Lipinski definition) is 8. The van der Waals surface area contributed by atoms with Gasteiger partial charge in [0.15, 0.2) is 0 Å². The van der Waals surface area contributed by atoms with Crippen LogP contribution in [0.3, 0.4) is 0 Å². The quantitative estimate of drug-likeness (QED) is 0.331. The Hall–Kier alpha value is -0.520. The van der Waals surface area contributed by atoms with Gasteiger partial charge >= 0.3 is 0 Å². The average molecular weight is 401 g/mol. The molecule has 1 aliphatic heterocycles. The standard InChI is InChI=1S/C16H25N4O2PS2/c1-12(2)20(13(3)4)23(21-9-7-8-17)22-14-15(5,6)24-25-16(14,10-18)11-19/h12-14H,7,9H2,1-6H3/t14-,23?/m0/s1. The van der Waals surface area contributed by atoms with Gasteiger partial charge in [0, 0.05) is 12.1 Å². The maximum atomic E-state index is 9.63. The van der Waals surface area contributed by atoms with Crippen molar-refractivity contribution in [2.75, 3.05) is 6.61 Å². The van der Waals surface area contributed by atoms with Crippen LogP contribution in [-0.4, -0.2) is 39.0 Å². The highest BCUT2D eigenvalue weighted by Crippen LogP contribution is 2.62. The van der Waals surface area contributed by atoms with Gasteiger partial charge in [-0.15, -0.1) is 0 Å².